The second kappa shape index (κ2) is 10.4. The van der Waals surface area contributed by atoms with E-state index in [1.807, 2.05) is 31.3 Å². The van der Waals surface area contributed by atoms with Gasteiger partial charge in [-0.1, -0.05) is 18.6 Å². The van der Waals surface area contributed by atoms with Crippen molar-refractivity contribution in [1.82, 2.24) is 14.7 Å². The Bertz CT molecular complexity index is 1040. The zero-order valence-electron chi connectivity index (χ0n) is 18.4. The number of benzene rings is 2. The number of rotatable bonds is 8. The Balaban J connectivity index is 1.46. The van der Waals surface area contributed by atoms with E-state index >= 15 is 0 Å². The average Bonchev–Trinajstić information content (AvgIpc) is 3.22. The summed E-state index contributed by atoms with van der Waals surface area (Å²) in [5.41, 5.74) is 3.22. The fraction of sp³-hybridized carbons (Fsp3) is 0.360. The number of carbonyl (C=O) groups excluding carboxylic acids is 1. The molecule has 1 fully saturated rings. The van der Waals surface area contributed by atoms with Gasteiger partial charge in [0.25, 0.3) is 0 Å². The van der Waals surface area contributed by atoms with Crippen LogP contribution in [0, 0.1) is 5.82 Å². The molecule has 1 aliphatic rings. The van der Waals surface area contributed by atoms with Crippen LogP contribution in [-0.2, 0) is 18.3 Å². The van der Waals surface area contributed by atoms with Crippen molar-refractivity contribution in [2.75, 3.05) is 31.6 Å². The lowest BCUT2D eigenvalue weighted by molar-refractivity contribution is -0.115. The lowest BCUT2D eigenvalue weighted by atomic mass is 10.1. The number of halogens is 1. The predicted molar refractivity (Wildman–Crippen MR) is 123 cm³/mol. The van der Waals surface area contributed by atoms with Crippen LogP contribution >= 0.6 is 0 Å². The van der Waals surface area contributed by atoms with Crippen molar-refractivity contribution in [3.8, 4) is 17.0 Å². The van der Waals surface area contributed by atoms with Crippen molar-refractivity contribution in [2.45, 2.75) is 25.7 Å². The van der Waals surface area contributed by atoms with Crippen molar-refractivity contribution in [3.05, 3.63) is 66.1 Å². The number of nitrogens with zero attached hydrogens (tertiary/aromatic N) is 3. The number of likely N-dealkylation sites (tertiary alicyclic amines) is 1. The molecular formula is C25H29FN4O2. The molecule has 1 saturated heterocycles. The quantitative estimate of drug-likeness (QED) is 0.573. The van der Waals surface area contributed by atoms with Crippen LogP contribution < -0.4 is 10.1 Å². The van der Waals surface area contributed by atoms with Crippen molar-refractivity contribution in [2.24, 2.45) is 7.05 Å². The number of aryl methyl sites for hydroxylation is 1. The van der Waals surface area contributed by atoms with Gasteiger partial charge in [-0.3, -0.25) is 14.4 Å². The van der Waals surface area contributed by atoms with E-state index < -0.39 is 0 Å². The minimum Gasteiger partial charge on any atom is -0.492 e. The first-order chi connectivity index (χ1) is 15.6. The first-order valence-electron chi connectivity index (χ1n) is 11.1. The number of amides is 1. The Labute approximate surface area is 188 Å². The molecule has 0 atom stereocenters. The van der Waals surface area contributed by atoms with Crippen LogP contribution in [0.3, 0.4) is 0 Å². The average molecular weight is 437 g/mol. The number of carbonyl (C=O) groups is 1. The summed E-state index contributed by atoms with van der Waals surface area (Å²) in [7, 11) is 1.88. The topological polar surface area (TPSA) is 59.4 Å². The molecule has 168 valence electrons. The number of hydrogen-bond acceptors (Lipinski definition) is 4. The number of anilines is 1. The van der Waals surface area contributed by atoms with Crippen LogP contribution in [0.25, 0.3) is 11.3 Å². The maximum Gasteiger partial charge on any atom is 0.228 e. The highest BCUT2D eigenvalue weighted by molar-refractivity contribution is 5.93. The van der Waals surface area contributed by atoms with Gasteiger partial charge >= 0.3 is 0 Å². The zero-order valence-corrected chi connectivity index (χ0v) is 18.4. The van der Waals surface area contributed by atoms with Gasteiger partial charge in [-0.2, -0.15) is 5.10 Å². The van der Waals surface area contributed by atoms with E-state index in [0.717, 1.165) is 42.2 Å². The molecule has 2 aromatic carbocycles. The van der Waals surface area contributed by atoms with E-state index in [-0.39, 0.29) is 18.1 Å². The fourth-order valence-corrected chi connectivity index (χ4v) is 4.03. The number of piperidine rings is 1. The van der Waals surface area contributed by atoms with Crippen LogP contribution in [0.2, 0.25) is 0 Å². The Kier molecular flexibility index (Phi) is 7.17. The summed E-state index contributed by atoms with van der Waals surface area (Å²) in [6, 6.07) is 13.5. The van der Waals surface area contributed by atoms with Crippen LogP contribution in [0.4, 0.5) is 10.1 Å². The molecule has 0 aliphatic carbocycles. The molecule has 1 aliphatic heterocycles. The fourth-order valence-electron chi connectivity index (χ4n) is 4.03. The van der Waals surface area contributed by atoms with Crippen molar-refractivity contribution in [3.63, 3.8) is 0 Å². The maximum atomic E-state index is 13.1. The van der Waals surface area contributed by atoms with Crippen LogP contribution in [0.15, 0.2) is 54.7 Å². The molecule has 0 unspecified atom stereocenters. The van der Waals surface area contributed by atoms with Gasteiger partial charge in [0.2, 0.25) is 5.91 Å². The Morgan fingerprint density at radius 2 is 1.88 bits per heavy atom. The predicted octanol–water partition coefficient (Wildman–Crippen LogP) is 4.27. The van der Waals surface area contributed by atoms with E-state index in [2.05, 4.69) is 15.3 Å². The first-order valence-corrected chi connectivity index (χ1v) is 11.1. The van der Waals surface area contributed by atoms with Crippen LogP contribution in [-0.4, -0.2) is 46.8 Å². The summed E-state index contributed by atoms with van der Waals surface area (Å²) >= 11 is 0. The summed E-state index contributed by atoms with van der Waals surface area (Å²) < 4.78 is 21.0. The zero-order chi connectivity index (χ0) is 22.3. The van der Waals surface area contributed by atoms with E-state index in [0.29, 0.717) is 12.3 Å². The third-order valence-electron chi connectivity index (χ3n) is 5.75. The maximum absolute atomic E-state index is 13.1. The van der Waals surface area contributed by atoms with Gasteiger partial charge < -0.3 is 10.1 Å². The smallest absolute Gasteiger partial charge is 0.228 e. The second-order valence-electron chi connectivity index (χ2n) is 8.15. The van der Waals surface area contributed by atoms with Crippen LogP contribution in [0.1, 0.15) is 24.8 Å². The van der Waals surface area contributed by atoms with Crippen molar-refractivity contribution >= 4 is 11.6 Å². The third kappa shape index (κ3) is 5.73. The SMILES string of the molecule is Cn1nccc1-c1cc(NC(=O)Cc2ccc(F)cc2)ccc1OCCN1CCCCC1. The van der Waals surface area contributed by atoms with E-state index in [9.17, 15) is 9.18 Å². The molecule has 6 nitrogen and oxygen atoms in total. The number of ether oxygens (including phenoxy) is 1. The molecule has 7 heteroatoms. The van der Waals surface area contributed by atoms with Gasteiger partial charge in [0.05, 0.1) is 12.1 Å². The van der Waals surface area contributed by atoms with Gasteiger partial charge in [-0.25, -0.2) is 4.39 Å². The first kappa shape index (κ1) is 22.0. The lowest BCUT2D eigenvalue weighted by Crippen LogP contribution is -2.33. The molecule has 0 radical (unpaired) electrons. The highest BCUT2D eigenvalue weighted by Gasteiger charge is 2.14. The standard InChI is InChI=1S/C25H29FN4O2/c1-29-23(11-12-27-29)22-18-21(28-25(31)17-19-5-7-20(26)8-6-19)9-10-24(22)32-16-15-30-13-3-2-4-14-30/h5-12,18H,2-4,13-17H2,1H3,(H,28,31). The van der Waals surface area contributed by atoms with Gasteiger partial charge in [0.15, 0.2) is 0 Å². The molecule has 0 saturated carbocycles. The summed E-state index contributed by atoms with van der Waals surface area (Å²) in [4.78, 5) is 14.9. The normalized spacial score (nSPS) is 14.3. The highest BCUT2D eigenvalue weighted by Crippen LogP contribution is 2.32. The molecule has 1 aromatic heterocycles. The molecule has 32 heavy (non-hydrogen) atoms. The minimum atomic E-state index is -0.314. The summed E-state index contributed by atoms with van der Waals surface area (Å²) in [6.07, 6.45) is 5.75. The third-order valence-corrected chi connectivity index (χ3v) is 5.75. The van der Waals surface area contributed by atoms with Crippen LogP contribution in [0.5, 0.6) is 5.75 Å². The Hall–Kier alpha value is -3.19. The molecule has 1 N–H and O–H groups in total. The Morgan fingerprint density at radius 3 is 2.59 bits per heavy atom. The number of aromatic nitrogens is 2. The molecular weight excluding hydrogens is 407 g/mol. The molecule has 0 spiro atoms. The van der Waals surface area contributed by atoms with Gasteiger partial charge in [0, 0.05) is 31.0 Å². The summed E-state index contributed by atoms with van der Waals surface area (Å²) in [5, 5.41) is 7.21. The molecule has 0 bridgehead atoms. The summed E-state index contributed by atoms with van der Waals surface area (Å²) in [6.45, 7) is 3.79. The Morgan fingerprint density at radius 1 is 1.09 bits per heavy atom. The van der Waals surface area contributed by atoms with Crippen molar-refractivity contribution < 1.29 is 13.9 Å². The summed E-state index contributed by atoms with van der Waals surface area (Å²) in [5.74, 6) is 0.291. The minimum absolute atomic E-state index is 0.161. The van der Waals surface area contributed by atoms with E-state index in [1.54, 1.807) is 23.0 Å². The molecule has 1 amide bonds. The van der Waals surface area contributed by atoms with Gasteiger partial charge in [-0.05, 0) is 67.9 Å². The number of nitrogens with one attached hydrogen (secondary N) is 1. The van der Waals surface area contributed by atoms with Crippen molar-refractivity contribution in [1.29, 1.82) is 0 Å². The monoisotopic (exact) mass is 436 g/mol. The molecule has 2 heterocycles. The van der Waals surface area contributed by atoms with Gasteiger partial charge in [-0.15, -0.1) is 0 Å². The van der Waals surface area contributed by atoms with Gasteiger partial charge in [0.1, 0.15) is 18.2 Å². The lowest BCUT2D eigenvalue weighted by Gasteiger charge is -2.26. The highest BCUT2D eigenvalue weighted by atomic mass is 19.1. The molecule has 4 rings (SSSR count). The van der Waals surface area contributed by atoms with E-state index in [4.69, 9.17) is 4.74 Å². The number of hydrogen-bond donors (Lipinski definition) is 1. The molecule has 3 aromatic rings. The van der Waals surface area contributed by atoms with E-state index in [1.165, 1.54) is 31.4 Å². The largest absolute Gasteiger partial charge is 0.492 e. The second-order valence-corrected chi connectivity index (χ2v) is 8.15.